The maximum Gasteiger partial charge on any atom is 0.425 e. The summed E-state index contributed by atoms with van der Waals surface area (Å²) in [7, 11) is 0. The predicted molar refractivity (Wildman–Crippen MR) is 114 cm³/mol. The van der Waals surface area contributed by atoms with Gasteiger partial charge in [0.2, 0.25) is 17.7 Å². The molecule has 1 unspecified atom stereocenters. The first-order chi connectivity index (χ1) is 16.0. The van der Waals surface area contributed by atoms with E-state index < -0.39 is 29.5 Å². The van der Waals surface area contributed by atoms with Crippen molar-refractivity contribution in [3.63, 3.8) is 0 Å². The highest BCUT2D eigenvalue weighted by atomic mass is 19.4. The maximum absolute atomic E-state index is 13.9. The summed E-state index contributed by atoms with van der Waals surface area (Å²) in [5.74, 6) is -2.37. The van der Waals surface area contributed by atoms with Crippen molar-refractivity contribution in [2.24, 2.45) is 0 Å². The SMILES string of the molecule is CC(Oc1cc(N2CCC3(CCCC(=O)N3c3ccc(F)c(F)c3)CC2)nc(N)n1)C(F)(F)F. The molecule has 0 radical (unpaired) electrons. The Kier molecular flexibility index (Phi) is 6.26. The lowest BCUT2D eigenvalue weighted by Gasteiger charge is -2.51. The number of alkyl halides is 3. The number of amides is 1. The first-order valence-corrected chi connectivity index (χ1v) is 10.9. The molecule has 2 aromatic rings. The second-order valence-electron chi connectivity index (χ2n) is 8.62. The maximum atomic E-state index is 13.9. The van der Waals surface area contributed by atoms with Crippen molar-refractivity contribution >= 4 is 23.4 Å². The highest BCUT2D eigenvalue weighted by Gasteiger charge is 2.45. The fourth-order valence-corrected chi connectivity index (χ4v) is 4.63. The van der Waals surface area contributed by atoms with E-state index in [1.807, 2.05) is 4.90 Å². The molecule has 4 rings (SSSR count). The number of anilines is 3. The minimum absolute atomic E-state index is 0.159. The van der Waals surface area contributed by atoms with Crippen molar-refractivity contribution < 1.29 is 31.5 Å². The number of piperidine rings is 2. The third kappa shape index (κ3) is 4.71. The van der Waals surface area contributed by atoms with Gasteiger partial charge in [-0.2, -0.15) is 23.1 Å². The average molecular weight is 485 g/mol. The Morgan fingerprint density at radius 1 is 1.09 bits per heavy atom. The van der Waals surface area contributed by atoms with Crippen molar-refractivity contribution in [3.05, 3.63) is 35.9 Å². The number of carbonyl (C=O) groups is 1. The number of nitrogen functional groups attached to an aromatic ring is 1. The molecule has 0 saturated carbocycles. The van der Waals surface area contributed by atoms with Gasteiger partial charge < -0.3 is 20.3 Å². The van der Waals surface area contributed by atoms with Crippen LogP contribution in [0.5, 0.6) is 5.88 Å². The van der Waals surface area contributed by atoms with Gasteiger partial charge in [-0.3, -0.25) is 4.79 Å². The molecule has 184 valence electrons. The quantitative estimate of drug-likeness (QED) is 0.653. The lowest BCUT2D eigenvalue weighted by molar-refractivity contribution is -0.189. The molecule has 0 aliphatic carbocycles. The summed E-state index contributed by atoms with van der Waals surface area (Å²) in [5, 5.41) is 0. The fourth-order valence-electron chi connectivity index (χ4n) is 4.63. The Morgan fingerprint density at radius 3 is 2.44 bits per heavy atom. The zero-order valence-corrected chi connectivity index (χ0v) is 18.4. The van der Waals surface area contributed by atoms with Crippen LogP contribution >= 0.6 is 0 Å². The molecule has 34 heavy (non-hydrogen) atoms. The van der Waals surface area contributed by atoms with E-state index in [2.05, 4.69) is 9.97 Å². The van der Waals surface area contributed by atoms with Crippen LogP contribution in [0.15, 0.2) is 24.3 Å². The number of rotatable bonds is 4. The summed E-state index contributed by atoms with van der Waals surface area (Å²) in [5.41, 5.74) is 5.42. The number of ether oxygens (including phenoxy) is 1. The molecule has 1 spiro atoms. The number of benzene rings is 1. The number of carbonyl (C=O) groups excluding carboxylic acids is 1. The number of aromatic nitrogens is 2. The van der Waals surface area contributed by atoms with E-state index in [-0.39, 0.29) is 17.7 Å². The Morgan fingerprint density at radius 2 is 1.79 bits per heavy atom. The first kappa shape index (κ1) is 24.0. The van der Waals surface area contributed by atoms with Crippen molar-refractivity contribution in [1.29, 1.82) is 0 Å². The van der Waals surface area contributed by atoms with Gasteiger partial charge in [-0.25, -0.2) is 8.78 Å². The van der Waals surface area contributed by atoms with Crippen LogP contribution in [-0.2, 0) is 4.79 Å². The van der Waals surface area contributed by atoms with Crippen LogP contribution < -0.4 is 20.3 Å². The molecule has 1 amide bonds. The number of nitrogens with two attached hydrogens (primary N) is 1. The van der Waals surface area contributed by atoms with Crippen molar-refractivity contribution in [2.75, 3.05) is 28.6 Å². The molecular formula is C22H24F5N5O2. The number of halogens is 5. The highest BCUT2D eigenvalue weighted by Crippen LogP contribution is 2.42. The molecule has 2 fully saturated rings. The summed E-state index contributed by atoms with van der Waals surface area (Å²) in [6.07, 6.45) is -3.97. The molecule has 2 saturated heterocycles. The fraction of sp³-hybridized carbons (Fsp3) is 0.500. The number of nitrogens with zero attached hydrogens (tertiary/aromatic N) is 4. The van der Waals surface area contributed by atoms with E-state index in [0.717, 1.165) is 19.1 Å². The molecule has 3 heterocycles. The predicted octanol–water partition coefficient (Wildman–Crippen LogP) is 4.22. The van der Waals surface area contributed by atoms with E-state index in [4.69, 9.17) is 10.5 Å². The van der Waals surface area contributed by atoms with Crippen LogP contribution in [0.2, 0.25) is 0 Å². The van der Waals surface area contributed by atoms with Crippen LogP contribution in [0, 0.1) is 11.6 Å². The number of hydrogen-bond acceptors (Lipinski definition) is 6. The highest BCUT2D eigenvalue weighted by molar-refractivity contribution is 5.95. The molecule has 2 aliphatic rings. The van der Waals surface area contributed by atoms with E-state index in [1.165, 1.54) is 12.1 Å². The van der Waals surface area contributed by atoms with E-state index in [0.29, 0.717) is 56.7 Å². The van der Waals surface area contributed by atoms with Gasteiger partial charge in [0.05, 0.1) is 5.54 Å². The second kappa shape index (κ2) is 8.88. The van der Waals surface area contributed by atoms with E-state index in [1.54, 1.807) is 4.90 Å². The van der Waals surface area contributed by atoms with Crippen LogP contribution in [0.25, 0.3) is 0 Å². The molecule has 7 nitrogen and oxygen atoms in total. The molecule has 2 N–H and O–H groups in total. The Balaban J connectivity index is 1.54. The van der Waals surface area contributed by atoms with Crippen molar-refractivity contribution in [1.82, 2.24) is 9.97 Å². The van der Waals surface area contributed by atoms with Crippen LogP contribution in [0.3, 0.4) is 0 Å². The lowest BCUT2D eigenvalue weighted by atomic mass is 9.78. The topological polar surface area (TPSA) is 84.6 Å². The monoisotopic (exact) mass is 485 g/mol. The Bertz CT molecular complexity index is 1070. The Hall–Kier alpha value is -3.18. The normalized spacial score (nSPS) is 19.4. The summed E-state index contributed by atoms with van der Waals surface area (Å²) in [6, 6.07) is 4.73. The van der Waals surface area contributed by atoms with Gasteiger partial charge in [-0.05, 0) is 44.7 Å². The molecular weight excluding hydrogens is 461 g/mol. The average Bonchev–Trinajstić information content (AvgIpc) is 2.75. The van der Waals surface area contributed by atoms with Gasteiger partial charge in [0.1, 0.15) is 5.82 Å². The van der Waals surface area contributed by atoms with Crippen LogP contribution in [-0.4, -0.2) is 46.8 Å². The minimum atomic E-state index is -4.56. The summed E-state index contributed by atoms with van der Waals surface area (Å²) >= 11 is 0. The van der Waals surface area contributed by atoms with Crippen molar-refractivity contribution in [3.8, 4) is 5.88 Å². The summed E-state index contributed by atoms with van der Waals surface area (Å²) < 4.78 is 70.9. The van der Waals surface area contributed by atoms with E-state index >= 15 is 0 Å². The molecule has 1 aromatic carbocycles. The third-order valence-corrected chi connectivity index (χ3v) is 6.40. The number of hydrogen-bond donors (Lipinski definition) is 1. The first-order valence-electron chi connectivity index (χ1n) is 10.9. The van der Waals surface area contributed by atoms with E-state index in [9.17, 15) is 26.7 Å². The van der Waals surface area contributed by atoms with Gasteiger partial charge in [0, 0.05) is 37.3 Å². The van der Waals surface area contributed by atoms with Crippen LogP contribution in [0.4, 0.5) is 39.4 Å². The molecule has 1 aromatic heterocycles. The van der Waals surface area contributed by atoms with Crippen LogP contribution in [0.1, 0.15) is 39.0 Å². The summed E-state index contributed by atoms with van der Waals surface area (Å²) in [6.45, 7) is 1.70. The smallest absolute Gasteiger partial charge is 0.425 e. The molecule has 12 heteroatoms. The van der Waals surface area contributed by atoms with Gasteiger partial charge >= 0.3 is 6.18 Å². The zero-order valence-electron chi connectivity index (χ0n) is 18.4. The van der Waals surface area contributed by atoms with Gasteiger partial charge in [0.15, 0.2) is 17.7 Å². The zero-order chi connectivity index (χ0) is 24.7. The largest absolute Gasteiger partial charge is 0.465 e. The molecule has 1 atom stereocenters. The third-order valence-electron chi connectivity index (χ3n) is 6.40. The van der Waals surface area contributed by atoms with Gasteiger partial charge in [-0.15, -0.1) is 0 Å². The minimum Gasteiger partial charge on any atom is -0.465 e. The van der Waals surface area contributed by atoms with Crippen molar-refractivity contribution in [2.45, 2.75) is 56.8 Å². The molecule has 2 aliphatic heterocycles. The standard InChI is InChI=1S/C22H24F5N5O2/c1-13(22(25,26)27)34-18-12-17(29-20(28)30-18)31-9-7-21(8-10-31)6-2-3-19(33)32(21)14-4-5-15(23)16(24)11-14/h4-5,11-13H,2-3,6-10H2,1H3,(H2,28,29,30). The lowest BCUT2D eigenvalue weighted by Crippen LogP contribution is -2.60. The Labute approximate surface area is 192 Å². The van der Waals surface area contributed by atoms with Gasteiger partial charge in [0.25, 0.3) is 0 Å². The van der Waals surface area contributed by atoms with Gasteiger partial charge in [-0.1, -0.05) is 0 Å². The molecule has 0 bridgehead atoms. The second-order valence-corrected chi connectivity index (χ2v) is 8.62. The summed E-state index contributed by atoms with van der Waals surface area (Å²) in [4.78, 5) is 24.1.